The lowest BCUT2D eigenvalue weighted by molar-refractivity contribution is -0.788. The average molecular weight is 392 g/mol. The van der Waals surface area contributed by atoms with Crippen LogP contribution in [0.1, 0.15) is 24.3 Å². The Kier molecular flexibility index (Phi) is 4.36. The molecule has 5 rings (SSSR count). The highest BCUT2D eigenvalue weighted by Gasteiger charge is 2.41. The maximum Gasteiger partial charge on any atom is 0.219 e. The van der Waals surface area contributed by atoms with Crippen molar-refractivity contribution < 1.29 is 9.33 Å². The minimum absolute atomic E-state index is 0.438. The van der Waals surface area contributed by atoms with E-state index in [4.69, 9.17) is 16.3 Å². The first-order valence-corrected chi connectivity index (χ1v) is 9.74. The van der Waals surface area contributed by atoms with Gasteiger partial charge in [-0.05, 0) is 48.6 Å². The molecule has 2 aromatic carbocycles. The summed E-state index contributed by atoms with van der Waals surface area (Å²) < 4.78 is 6.34. The predicted molar refractivity (Wildman–Crippen MR) is 111 cm³/mol. The molecular formula is C22H20ClN4O+. The molecule has 0 saturated heterocycles. The number of ether oxygens (including phenoxy) is 1. The van der Waals surface area contributed by atoms with Gasteiger partial charge in [-0.2, -0.15) is 0 Å². The van der Waals surface area contributed by atoms with Crippen molar-refractivity contribution in [3.05, 3.63) is 83.4 Å². The molecule has 2 aliphatic heterocycles. The molecule has 0 aromatic heterocycles. The third-order valence-corrected chi connectivity index (χ3v) is 5.74. The van der Waals surface area contributed by atoms with Crippen LogP contribution in [0.5, 0.6) is 11.5 Å². The third-order valence-electron chi connectivity index (χ3n) is 5.43. The molecule has 1 N–H and O–H groups in total. The summed E-state index contributed by atoms with van der Waals surface area (Å²) >= 11 is 6.16. The van der Waals surface area contributed by atoms with E-state index >= 15 is 0 Å². The van der Waals surface area contributed by atoms with E-state index in [1.165, 1.54) is 5.56 Å². The highest BCUT2D eigenvalue weighted by Crippen LogP contribution is 2.39. The predicted octanol–water partition coefficient (Wildman–Crippen LogP) is 5.14. The summed E-state index contributed by atoms with van der Waals surface area (Å²) in [5.41, 5.74) is 6.07. The molecule has 2 aromatic rings. The van der Waals surface area contributed by atoms with Crippen LogP contribution < -0.4 is 10.2 Å². The van der Waals surface area contributed by atoms with Gasteiger partial charge in [0, 0.05) is 0 Å². The number of fused-ring (bicyclic) bond motifs is 1. The van der Waals surface area contributed by atoms with Crippen LogP contribution in [0.15, 0.2) is 82.8 Å². The van der Waals surface area contributed by atoms with Crippen LogP contribution in [0.3, 0.4) is 0 Å². The Morgan fingerprint density at radius 1 is 1.04 bits per heavy atom. The maximum absolute atomic E-state index is 6.16. The minimum atomic E-state index is 0.438. The molecule has 0 bridgehead atoms. The Morgan fingerprint density at radius 2 is 1.86 bits per heavy atom. The number of nitrogens with zero attached hydrogens (tertiary/aromatic N) is 3. The van der Waals surface area contributed by atoms with Gasteiger partial charge in [0.15, 0.2) is 5.70 Å². The van der Waals surface area contributed by atoms with Gasteiger partial charge in [0.25, 0.3) is 0 Å². The van der Waals surface area contributed by atoms with Crippen LogP contribution in [0.2, 0.25) is 5.02 Å². The molecule has 6 heteroatoms. The molecule has 1 saturated carbocycles. The van der Waals surface area contributed by atoms with E-state index in [0.29, 0.717) is 27.3 Å². The van der Waals surface area contributed by atoms with Crippen molar-refractivity contribution in [3.63, 3.8) is 0 Å². The molecule has 2 heterocycles. The summed E-state index contributed by atoms with van der Waals surface area (Å²) in [6, 6.07) is 16.3. The summed E-state index contributed by atoms with van der Waals surface area (Å²) in [5.74, 6) is 2.03. The Hall–Kier alpha value is -2.73. The lowest BCUT2D eigenvalue weighted by Crippen LogP contribution is -2.58. The van der Waals surface area contributed by atoms with E-state index in [9.17, 15) is 0 Å². The lowest BCUT2D eigenvalue weighted by atomic mass is 9.76. The minimum Gasteiger partial charge on any atom is -0.456 e. The fourth-order valence-corrected chi connectivity index (χ4v) is 3.98. The van der Waals surface area contributed by atoms with Crippen molar-refractivity contribution >= 4 is 24.2 Å². The highest BCUT2D eigenvalue weighted by molar-refractivity contribution is 6.32. The van der Waals surface area contributed by atoms with E-state index in [0.717, 1.165) is 24.3 Å². The number of nitrogens with one attached hydrogen (secondary N) is 1. The summed E-state index contributed by atoms with van der Waals surface area (Å²) in [5, 5.41) is 0.614. The Balaban J connectivity index is 1.20. The van der Waals surface area contributed by atoms with Crippen molar-refractivity contribution in [2.75, 3.05) is 0 Å². The molecular weight excluding hydrogens is 372 g/mol. The second kappa shape index (κ2) is 7.02. The zero-order valence-corrected chi connectivity index (χ0v) is 16.0. The number of halogens is 1. The van der Waals surface area contributed by atoms with Gasteiger partial charge in [0.1, 0.15) is 17.7 Å². The number of allylic oxidation sites excluding steroid dienone is 1. The number of aliphatic imine (C=N–C) groups is 2. The maximum atomic E-state index is 6.16. The Labute approximate surface area is 168 Å². The number of rotatable bonds is 5. The van der Waals surface area contributed by atoms with E-state index in [1.54, 1.807) is 0 Å². The first-order valence-electron chi connectivity index (χ1n) is 9.36. The smallest absolute Gasteiger partial charge is 0.219 e. The van der Waals surface area contributed by atoms with Crippen LogP contribution in [0, 0.1) is 0 Å². The van der Waals surface area contributed by atoms with Gasteiger partial charge in [-0.1, -0.05) is 35.9 Å². The summed E-state index contributed by atoms with van der Waals surface area (Å²) in [6.45, 7) is 0. The van der Waals surface area contributed by atoms with Crippen LogP contribution in [0.4, 0.5) is 0 Å². The van der Waals surface area contributed by atoms with E-state index in [2.05, 4.69) is 27.5 Å². The largest absolute Gasteiger partial charge is 0.456 e. The number of para-hydroxylation sites is 1. The van der Waals surface area contributed by atoms with Gasteiger partial charge < -0.3 is 4.74 Å². The summed E-state index contributed by atoms with van der Waals surface area (Å²) in [7, 11) is 0. The van der Waals surface area contributed by atoms with Crippen LogP contribution in [-0.4, -0.2) is 23.2 Å². The Morgan fingerprint density at radius 3 is 2.68 bits per heavy atom. The van der Waals surface area contributed by atoms with E-state index in [1.807, 2.05) is 67.6 Å². The summed E-state index contributed by atoms with van der Waals surface area (Å²) in [4.78, 5) is 8.49. The molecule has 0 spiro atoms. The van der Waals surface area contributed by atoms with Crippen LogP contribution in [-0.2, 0) is 0 Å². The quantitative estimate of drug-likeness (QED) is 0.717. The van der Waals surface area contributed by atoms with Gasteiger partial charge >= 0.3 is 0 Å². The first-order chi connectivity index (χ1) is 13.7. The molecule has 3 aliphatic rings. The number of hydrogen-bond donors (Lipinski definition) is 1. The molecule has 1 aliphatic carbocycles. The molecule has 0 radical (unpaired) electrons. The normalized spacial score (nSPS) is 27.2. The third kappa shape index (κ3) is 3.18. The van der Waals surface area contributed by atoms with Crippen LogP contribution in [0.25, 0.3) is 0 Å². The van der Waals surface area contributed by atoms with E-state index in [-0.39, 0.29) is 0 Å². The second-order valence-corrected chi connectivity index (χ2v) is 7.68. The number of quaternary nitrogens is 1. The number of benzene rings is 2. The molecule has 5 nitrogen and oxygen atoms in total. The van der Waals surface area contributed by atoms with Crippen molar-refractivity contribution in [2.24, 2.45) is 9.98 Å². The topological polar surface area (TPSA) is 46.0 Å². The first kappa shape index (κ1) is 17.4. The molecule has 1 unspecified atom stereocenters. The van der Waals surface area contributed by atoms with Gasteiger partial charge in [-0.3, -0.25) is 4.99 Å². The van der Waals surface area contributed by atoms with E-state index < -0.39 is 0 Å². The number of hydrogen-bond acceptors (Lipinski definition) is 4. The Bertz CT molecular complexity index is 1010. The van der Waals surface area contributed by atoms with Crippen molar-refractivity contribution in [1.29, 1.82) is 0 Å². The molecule has 0 amide bonds. The SMILES string of the molecule is Clc1ccccc1Oc1ccc(C2CC(N[N+]34C=CN=CC3=CN=C4)C2)cc1. The monoisotopic (exact) mass is 391 g/mol. The van der Waals surface area contributed by atoms with Crippen molar-refractivity contribution in [3.8, 4) is 11.5 Å². The average Bonchev–Trinajstić information content (AvgIpc) is 3.11. The molecule has 28 heavy (non-hydrogen) atoms. The van der Waals surface area contributed by atoms with Gasteiger partial charge in [-0.25, -0.2) is 4.99 Å². The molecule has 1 atom stereocenters. The zero-order chi connectivity index (χ0) is 19.0. The highest BCUT2D eigenvalue weighted by atomic mass is 35.5. The van der Waals surface area contributed by atoms with Gasteiger partial charge in [-0.15, -0.1) is 10.0 Å². The van der Waals surface area contributed by atoms with Crippen molar-refractivity contribution in [2.45, 2.75) is 24.8 Å². The second-order valence-electron chi connectivity index (χ2n) is 7.27. The standard InChI is InChI=1S/C22H20ClN4O/c23-21-3-1-2-4-22(21)28-20-7-5-16(6-8-20)17-11-18(12-17)26-27-10-9-24-13-19(27)14-25-15-27/h1-10,13-15,17-18,26H,11-12H2/q+1. The fourth-order valence-electron chi connectivity index (χ4n) is 3.80. The lowest BCUT2D eigenvalue weighted by Gasteiger charge is -2.40. The van der Waals surface area contributed by atoms with Gasteiger partial charge in [0.2, 0.25) is 6.34 Å². The van der Waals surface area contributed by atoms with Gasteiger partial charge in [0.05, 0.1) is 29.7 Å². The van der Waals surface area contributed by atoms with Crippen LogP contribution >= 0.6 is 11.6 Å². The molecule has 1 fully saturated rings. The summed E-state index contributed by atoms with van der Waals surface area (Å²) in [6.07, 6.45) is 11.6. The molecule has 140 valence electrons. The zero-order valence-electron chi connectivity index (χ0n) is 15.2. The van der Waals surface area contributed by atoms with Crippen molar-refractivity contribution in [1.82, 2.24) is 5.43 Å². The fraction of sp³-hybridized carbons (Fsp3) is 0.182.